The number of nitrogens with zero attached hydrogens (tertiary/aromatic N) is 1. The van der Waals surface area contributed by atoms with Crippen LogP contribution in [0.25, 0.3) is 0 Å². The van der Waals surface area contributed by atoms with E-state index in [-0.39, 0.29) is 5.91 Å². The lowest BCUT2D eigenvalue weighted by molar-refractivity contribution is -0.130. The van der Waals surface area contributed by atoms with E-state index in [1.807, 2.05) is 4.90 Å². The predicted octanol–water partition coefficient (Wildman–Crippen LogP) is 0.997. The van der Waals surface area contributed by atoms with Crippen LogP contribution in [0.2, 0.25) is 0 Å². The first kappa shape index (κ1) is 9.97. The lowest BCUT2D eigenvalue weighted by atomic mass is 9.98. The lowest BCUT2D eigenvalue weighted by Gasteiger charge is -2.32. The van der Waals surface area contributed by atoms with Gasteiger partial charge in [0.05, 0.1) is 0 Å². The van der Waals surface area contributed by atoms with Crippen LogP contribution >= 0.6 is 0 Å². The minimum atomic E-state index is 0.237. The molecule has 0 radical (unpaired) electrons. The van der Waals surface area contributed by atoms with Crippen LogP contribution in [0.4, 0.5) is 0 Å². The molecule has 1 amide bonds. The Morgan fingerprint density at radius 3 is 2.86 bits per heavy atom. The van der Waals surface area contributed by atoms with E-state index < -0.39 is 0 Å². The molecule has 1 heterocycles. The number of nitrogens with one attached hydrogen (secondary N) is 1. The average molecular weight is 196 g/mol. The van der Waals surface area contributed by atoms with E-state index in [9.17, 15) is 4.79 Å². The molecule has 1 atom stereocenters. The molecule has 0 spiro atoms. The van der Waals surface area contributed by atoms with Crippen molar-refractivity contribution in [2.24, 2.45) is 5.92 Å². The molecule has 1 saturated heterocycles. The topological polar surface area (TPSA) is 32.3 Å². The number of hydrogen-bond donors (Lipinski definition) is 1. The van der Waals surface area contributed by atoms with Gasteiger partial charge in [0.2, 0.25) is 5.91 Å². The fraction of sp³-hybridized carbons (Fsp3) is 0.909. The van der Waals surface area contributed by atoms with Crippen LogP contribution < -0.4 is 5.32 Å². The summed E-state index contributed by atoms with van der Waals surface area (Å²) in [5.74, 6) is 0.925. The maximum absolute atomic E-state index is 11.2. The molecule has 0 aromatic rings. The maximum atomic E-state index is 11.2. The van der Waals surface area contributed by atoms with E-state index >= 15 is 0 Å². The van der Waals surface area contributed by atoms with E-state index in [1.54, 1.807) is 6.92 Å². The predicted molar refractivity (Wildman–Crippen MR) is 56.0 cm³/mol. The van der Waals surface area contributed by atoms with Gasteiger partial charge < -0.3 is 10.2 Å². The van der Waals surface area contributed by atoms with E-state index in [2.05, 4.69) is 5.32 Å². The molecule has 80 valence electrons. The molecule has 3 heteroatoms. The number of likely N-dealkylation sites (tertiary alicyclic amines) is 1. The molecule has 0 aromatic heterocycles. The zero-order valence-electron chi connectivity index (χ0n) is 8.96. The first-order valence-corrected chi connectivity index (χ1v) is 5.74. The third-order valence-electron chi connectivity index (χ3n) is 3.24. The highest BCUT2D eigenvalue weighted by atomic mass is 16.2. The highest BCUT2D eigenvalue weighted by molar-refractivity contribution is 5.73. The monoisotopic (exact) mass is 196 g/mol. The zero-order chi connectivity index (χ0) is 9.97. The Hall–Kier alpha value is -0.570. The lowest BCUT2D eigenvalue weighted by Crippen LogP contribution is -2.42. The highest BCUT2D eigenvalue weighted by Gasteiger charge is 2.25. The number of rotatable bonds is 3. The van der Waals surface area contributed by atoms with Gasteiger partial charge >= 0.3 is 0 Å². The van der Waals surface area contributed by atoms with Gasteiger partial charge in [0.1, 0.15) is 0 Å². The van der Waals surface area contributed by atoms with Gasteiger partial charge in [0.15, 0.2) is 0 Å². The minimum Gasteiger partial charge on any atom is -0.343 e. The van der Waals surface area contributed by atoms with Gasteiger partial charge in [-0.3, -0.25) is 4.79 Å². The first-order valence-electron chi connectivity index (χ1n) is 5.74. The van der Waals surface area contributed by atoms with Gasteiger partial charge in [-0.25, -0.2) is 0 Å². The van der Waals surface area contributed by atoms with E-state index in [4.69, 9.17) is 0 Å². The Kier molecular flexibility index (Phi) is 3.06. The summed E-state index contributed by atoms with van der Waals surface area (Å²) in [5, 5.41) is 3.55. The second-order valence-corrected chi connectivity index (χ2v) is 4.66. The molecule has 1 saturated carbocycles. The molecule has 0 aromatic carbocycles. The molecule has 14 heavy (non-hydrogen) atoms. The highest BCUT2D eigenvalue weighted by Crippen LogP contribution is 2.21. The molecule has 1 aliphatic heterocycles. The molecular formula is C11H20N2O. The van der Waals surface area contributed by atoms with Crippen LogP contribution in [0.5, 0.6) is 0 Å². The van der Waals surface area contributed by atoms with Crippen molar-refractivity contribution in [3.05, 3.63) is 0 Å². The third kappa shape index (κ3) is 2.71. The summed E-state index contributed by atoms with van der Waals surface area (Å²) >= 11 is 0. The van der Waals surface area contributed by atoms with Crippen LogP contribution in [-0.2, 0) is 4.79 Å². The average Bonchev–Trinajstić information content (AvgIpc) is 2.99. The summed E-state index contributed by atoms with van der Waals surface area (Å²) in [6.07, 6.45) is 5.16. The molecular weight excluding hydrogens is 176 g/mol. The van der Waals surface area contributed by atoms with E-state index in [1.165, 1.54) is 25.7 Å². The van der Waals surface area contributed by atoms with Gasteiger partial charge in [0.25, 0.3) is 0 Å². The van der Waals surface area contributed by atoms with Crippen molar-refractivity contribution < 1.29 is 4.79 Å². The van der Waals surface area contributed by atoms with E-state index in [0.29, 0.717) is 5.92 Å². The van der Waals surface area contributed by atoms with Gasteiger partial charge in [-0.1, -0.05) is 0 Å². The van der Waals surface area contributed by atoms with Crippen LogP contribution in [0, 0.1) is 5.92 Å². The molecule has 0 bridgehead atoms. The Morgan fingerprint density at radius 1 is 1.43 bits per heavy atom. The summed E-state index contributed by atoms with van der Waals surface area (Å²) < 4.78 is 0. The maximum Gasteiger partial charge on any atom is 0.219 e. The number of piperidine rings is 1. The Labute approximate surface area is 85.8 Å². The van der Waals surface area contributed by atoms with Gasteiger partial charge in [-0.2, -0.15) is 0 Å². The van der Waals surface area contributed by atoms with Crippen molar-refractivity contribution in [1.82, 2.24) is 10.2 Å². The molecule has 0 unspecified atom stereocenters. The molecule has 2 fully saturated rings. The molecule has 1 N–H and O–H groups in total. The molecule has 3 nitrogen and oxygen atoms in total. The van der Waals surface area contributed by atoms with Crippen molar-refractivity contribution >= 4 is 5.91 Å². The molecule has 1 aliphatic carbocycles. The first-order chi connectivity index (χ1) is 6.75. The summed E-state index contributed by atoms with van der Waals surface area (Å²) in [5.41, 5.74) is 0. The third-order valence-corrected chi connectivity index (χ3v) is 3.24. The van der Waals surface area contributed by atoms with Crippen LogP contribution in [-0.4, -0.2) is 36.5 Å². The van der Waals surface area contributed by atoms with Gasteiger partial charge in [0, 0.05) is 26.1 Å². The minimum absolute atomic E-state index is 0.237. The van der Waals surface area contributed by atoms with Crippen molar-refractivity contribution in [1.29, 1.82) is 0 Å². The fourth-order valence-electron chi connectivity index (χ4n) is 2.14. The second kappa shape index (κ2) is 4.30. The zero-order valence-corrected chi connectivity index (χ0v) is 8.96. The van der Waals surface area contributed by atoms with Gasteiger partial charge in [-0.15, -0.1) is 0 Å². The van der Waals surface area contributed by atoms with Crippen LogP contribution in [0.3, 0.4) is 0 Å². The quantitative estimate of drug-likeness (QED) is 0.730. The number of amides is 1. The fourth-order valence-corrected chi connectivity index (χ4v) is 2.14. The Morgan fingerprint density at radius 2 is 2.21 bits per heavy atom. The van der Waals surface area contributed by atoms with Gasteiger partial charge in [-0.05, 0) is 38.1 Å². The Bertz CT molecular complexity index is 213. The summed E-state index contributed by atoms with van der Waals surface area (Å²) in [4.78, 5) is 13.2. The number of hydrogen-bond acceptors (Lipinski definition) is 2. The molecule has 2 aliphatic rings. The van der Waals surface area contributed by atoms with Crippen LogP contribution in [0.15, 0.2) is 0 Å². The smallest absolute Gasteiger partial charge is 0.219 e. The van der Waals surface area contributed by atoms with E-state index in [0.717, 1.165) is 25.7 Å². The van der Waals surface area contributed by atoms with Crippen molar-refractivity contribution in [3.63, 3.8) is 0 Å². The Balaban J connectivity index is 1.72. The largest absolute Gasteiger partial charge is 0.343 e. The number of carbonyl (C=O) groups is 1. The van der Waals surface area contributed by atoms with Crippen molar-refractivity contribution in [3.8, 4) is 0 Å². The summed E-state index contributed by atoms with van der Waals surface area (Å²) in [6.45, 7) is 4.72. The van der Waals surface area contributed by atoms with Crippen molar-refractivity contribution in [2.45, 2.75) is 38.6 Å². The number of carbonyl (C=O) groups excluding carboxylic acids is 1. The second-order valence-electron chi connectivity index (χ2n) is 4.66. The van der Waals surface area contributed by atoms with Crippen molar-refractivity contribution in [2.75, 3.05) is 19.6 Å². The summed E-state index contributed by atoms with van der Waals surface area (Å²) in [6, 6.07) is 0.794. The SMILES string of the molecule is CC(=O)N1CCC[C@H](CNC2CC2)C1. The normalized spacial score (nSPS) is 27.8. The molecule has 2 rings (SSSR count). The summed E-state index contributed by atoms with van der Waals surface area (Å²) in [7, 11) is 0. The standard InChI is InChI=1S/C11H20N2O/c1-9(14)13-6-2-3-10(8-13)7-12-11-4-5-11/h10-12H,2-8H2,1H3/t10-/m1/s1. The van der Waals surface area contributed by atoms with Crippen LogP contribution in [0.1, 0.15) is 32.6 Å².